The molecule has 3 unspecified atom stereocenters. The molecule has 8 nitrogen and oxygen atoms in total. The Morgan fingerprint density at radius 3 is 2.71 bits per heavy atom. The van der Waals surface area contributed by atoms with Crippen LogP contribution in [0.3, 0.4) is 0 Å². The SMILES string of the molecule is CC1CN(CC2CCCN2C(=O)CCNc2ccccc2[N+](=O)[O-])CC(C)O1. The molecule has 0 aliphatic carbocycles. The topological polar surface area (TPSA) is 88.0 Å². The van der Waals surface area contributed by atoms with Gasteiger partial charge in [0, 0.05) is 51.3 Å². The average molecular weight is 390 g/mol. The van der Waals surface area contributed by atoms with Crippen LogP contribution < -0.4 is 5.32 Å². The van der Waals surface area contributed by atoms with Crippen LogP contribution in [0.25, 0.3) is 0 Å². The highest BCUT2D eigenvalue weighted by Crippen LogP contribution is 2.24. The number of nitro benzene ring substituents is 1. The van der Waals surface area contributed by atoms with Crippen molar-refractivity contribution in [1.82, 2.24) is 9.80 Å². The minimum absolute atomic E-state index is 0.0320. The molecule has 8 heteroatoms. The lowest BCUT2D eigenvalue weighted by atomic mass is 10.1. The van der Waals surface area contributed by atoms with E-state index in [9.17, 15) is 14.9 Å². The molecule has 0 spiro atoms. The molecule has 1 aromatic rings. The number of anilines is 1. The first-order chi connectivity index (χ1) is 13.4. The maximum Gasteiger partial charge on any atom is 0.292 e. The van der Waals surface area contributed by atoms with Crippen LogP contribution in [-0.2, 0) is 9.53 Å². The molecule has 0 saturated carbocycles. The van der Waals surface area contributed by atoms with Crippen LogP contribution in [0.4, 0.5) is 11.4 Å². The molecule has 0 aromatic heterocycles. The number of amides is 1. The minimum Gasteiger partial charge on any atom is -0.379 e. The molecule has 2 aliphatic rings. The Kier molecular flexibility index (Phi) is 6.85. The number of para-hydroxylation sites is 2. The van der Waals surface area contributed by atoms with Crippen LogP contribution in [0.5, 0.6) is 0 Å². The minimum atomic E-state index is -0.412. The quantitative estimate of drug-likeness (QED) is 0.568. The van der Waals surface area contributed by atoms with Crippen LogP contribution in [0.2, 0.25) is 0 Å². The Labute approximate surface area is 166 Å². The second-order valence-electron chi connectivity index (χ2n) is 7.81. The van der Waals surface area contributed by atoms with Crippen LogP contribution in [0.15, 0.2) is 24.3 Å². The smallest absolute Gasteiger partial charge is 0.292 e. The van der Waals surface area contributed by atoms with Gasteiger partial charge in [-0.2, -0.15) is 0 Å². The van der Waals surface area contributed by atoms with Gasteiger partial charge >= 0.3 is 0 Å². The van der Waals surface area contributed by atoms with Gasteiger partial charge in [0.2, 0.25) is 5.91 Å². The van der Waals surface area contributed by atoms with Crippen molar-refractivity contribution < 1.29 is 14.5 Å². The van der Waals surface area contributed by atoms with E-state index in [4.69, 9.17) is 4.74 Å². The number of hydrogen-bond donors (Lipinski definition) is 1. The summed E-state index contributed by atoms with van der Waals surface area (Å²) in [6.45, 7) is 8.07. The second kappa shape index (κ2) is 9.34. The summed E-state index contributed by atoms with van der Waals surface area (Å²) in [7, 11) is 0. The van der Waals surface area contributed by atoms with Crippen molar-refractivity contribution >= 4 is 17.3 Å². The van der Waals surface area contributed by atoms with Crippen molar-refractivity contribution in [2.75, 3.05) is 38.0 Å². The van der Waals surface area contributed by atoms with Crippen LogP contribution in [0, 0.1) is 10.1 Å². The molecule has 0 radical (unpaired) electrons. The molecule has 2 heterocycles. The Balaban J connectivity index is 1.50. The molecule has 3 atom stereocenters. The van der Waals surface area contributed by atoms with Gasteiger partial charge in [-0.25, -0.2) is 0 Å². The third-order valence-electron chi connectivity index (χ3n) is 5.42. The standard InChI is InChI=1S/C20H30N4O4/c1-15-12-22(13-16(2)28-15)14-17-6-5-11-23(17)20(25)9-10-21-18-7-3-4-8-19(18)24(26)27/h3-4,7-8,15-17,21H,5-6,9-14H2,1-2H3. The summed E-state index contributed by atoms with van der Waals surface area (Å²) < 4.78 is 5.80. The molecule has 28 heavy (non-hydrogen) atoms. The number of benzene rings is 1. The summed E-state index contributed by atoms with van der Waals surface area (Å²) in [6, 6.07) is 6.76. The van der Waals surface area contributed by atoms with Crippen LogP contribution in [-0.4, -0.2) is 71.6 Å². The monoisotopic (exact) mass is 390 g/mol. The molecule has 0 bridgehead atoms. The lowest BCUT2D eigenvalue weighted by Gasteiger charge is -2.38. The molecule has 2 fully saturated rings. The van der Waals surface area contributed by atoms with Gasteiger partial charge in [0.1, 0.15) is 5.69 Å². The number of carbonyl (C=O) groups is 1. The van der Waals surface area contributed by atoms with Gasteiger partial charge in [-0.3, -0.25) is 19.8 Å². The average Bonchev–Trinajstić information content (AvgIpc) is 3.09. The van der Waals surface area contributed by atoms with Crippen molar-refractivity contribution in [3.8, 4) is 0 Å². The second-order valence-corrected chi connectivity index (χ2v) is 7.81. The first kappa shape index (κ1) is 20.5. The number of nitrogens with zero attached hydrogens (tertiary/aromatic N) is 3. The van der Waals surface area contributed by atoms with E-state index in [2.05, 4.69) is 24.1 Å². The maximum absolute atomic E-state index is 12.7. The fourth-order valence-corrected chi connectivity index (χ4v) is 4.32. The van der Waals surface area contributed by atoms with Gasteiger partial charge in [-0.15, -0.1) is 0 Å². The van der Waals surface area contributed by atoms with Gasteiger partial charge in [0.15, 0.2) is 0 Å². The number of likely N-dealkylation sites (tertiary alicyclic amines) is 1. The number of hydrogen-bond acceptors (Lipinski definition) is 6. The Bertz CT molecular complexity index is 689. The predicted octanol–water partition coefficient (Wildman–Crippen LogP) is 2.50. The normalized spacial score (nSPS) is 25.6. The third kappa shape index (κ3) is 5.20. The summed E-state index contributed by atoms with van der Waals surface area (Å²) in [6.07, 6.45) is 2.84. The van der Waals surface area contributed by atoms with Crippen LogP contribution >= 0.6 is 0 Å². The first-order valence-electron chi connectivity index (χ1n) is 10.1. The van der Waals surface area contributed by atoms with Crippen LogP contribution in [0.1, 0.15) is 33.1 Å². The van der Waals surface area contributed by atoms with Gasteiger partial charge in [0.25, 0.3) is 5.69 Å². The Morgan fingerprint density at radius 2 is 2.00 bits per heavy atom. The predicted molar refractivity (Wildman–Crippen MR) is 107 cm³/mol. The van der Waals surface area contributed by atoms with Crippen molar-refractivity contribution in [3.05, 3.63) is 34.4 Å². The number of nitrogens with one attached hydrogen (secondary N) is 1. The summed E-state index contributed by atoms with van der Waals surface area (Å²) in [4.78, 5) is 27.8. The molecule has 154 valence electrons. The van der Waals surface area contributed by atoms with E-state index >= 15 is 0 Å². The van der Waals surface area contributed by atoms with E-state index < -0.39 is 4.92 Å². The van der Waals surface area contributed by atoms with Gasteiger partial charge < -0.3 is 15.0 Å². The van der Waals surface area contributed by atoms with Crippen molar-refractivity contribution in [2.45, 2.75) is 51.4 Å². The number of carbonyl (C=O) groups excluding carboxylic acids is 1. The van der Waals surface area contributed by atoms with E-state index in [0.717, 1.165) is 39.0 Å². The fraction of sp³-hybridized carbons (Fsp3) is 0.650. The zero-order valence-corrected chi connectivity index (χ0v) is 16.7. The molecule has 1 aromatic carbocycles. The first-order valence-corrected chi connectivity index (χ1v) is 10.1. The number of ether oxygens (including phenoxy) is 1. The van der Waals surface area contributed by atoms with E-state index in [1.807, 2.05) is 4.90 Å². The van der Waals surface area contributed by atoms with Gasteiger partial charge in [-0.1, -0.05) is 12.1 Å². The molecular weight excluding hydrogens is 360 g/mol. The van der Waals surface area contributed by atoms with Gasteiger partial charge in [-0.05, 0) is 32.8 Å². The molecule has 1 N–H and O–H groups in total. The summed E-state index contributed by atoms with van der Waals surface area (Å²) in [5.74, 6) is 0.114. The number of morpholine rings is 1. The van der Waals surface area contributed by atoms with Crippen molar-refractivity contribution in [2.24, 2.45) is 0 Å². The lowest BCUT2D eigenvalue weighted by molar-refractivity contribution is -0.384. The van der Waals surface area contributed by atoms with Crippen molar-refractivity contribution in [1.29, 1.82) is 0 Å². The summed E-state index contributed by atoms with van der Waals surface area (Å²) >= 11 is 0. The van der Waals surface area contributed by atoms with E-state index in [1.165, 1.54) is 6.07 Å². The lowest BCUT2D eigenvalue weighted by Crippen LogP contribution is -2.51. The Morgan fingerprint density at radius 1 is 1.29 bits per heavy atom. The number of nitro groups is 1. The third-order valence-corrected chi connectivity index (χ3v) is 5.42. The molecule has 3 rings (SSSR count). The maximum atomic E-state index is 12.7. The highest BCUT2D eigenvalue weighted by molar-refractivity contribution is 5.77. The molecule has 2 aliphatic heterocycles. The number of rotatable bonds is 7. The van der Waals surface area contributed by atoms with Crippen molar-refractivity contribution in [3.63, 3.8) is 0 Å². The molecule has 2 saturated heterocycles. The fourth-order valence-electron chi connectivity index (χ4n) is 4.32. The van der Waals surface area contributed by atoms with E-state index in [0.29, 0.717) is 18.7 Å². The summed E-state index contributed by atoms with van der Waals surface area (Å²) in [5, 5.41) is 14.1. The molecule has 1 amide bonds. The zero-order valence-electron chi connectivity index (χ0n) is 16.7. The largest absolute Gasteiger partial charge is 0.379 e. The molecular formula is C20H30N4O4. The highest BCUT2D eigenvalue weighted by Gasteiger charge is 2.32. The van der Waals surface area contributed by atoms with E-state index in [-0.39, 0.29) is 29.8 Å². The van der Waals surface area contributed by atoms with Gasteiger partial charge in [0.05, 0.1) is 17.1 Å². The van der Waals surface area contributed by atoms with E-state index in [1.54, 1.807) is 18.2 Å². The summed E-state index contributed by atoms with van der Waals surface area (Å²) in [5.41, 5.74) is 0.485. The Hall–Kier alpha value is -2.19. The highest BCUT2D eigenvalue weighted by atomic mass is 16.6. The zero-order chi connectivity index (χ0) is 20.1.